The topological polar surface area (TPSA) is 114 Å². The lowest BCUT2D eigenvalue weighted by Crippen LogP contribution is -2.24. The highest BCUT2D eigenvalue weighted by molar-refractivity contribution is 5.87. The van der Waals surface area contributed by atoms with E-state index in [1.807, 2.05) is 26.0 Å². The van der Waals surface area contributed by atoms with E-state index in [1.54, 1.807) is 6.07 Å². The minimum Gasteiger partial charge on any atom is -0.508 e. The first-order valence-corrected chi connectivity index (χ1v) is 7.36. The van der Waals surface area contributed by atoms with Crippen LogP contribution in [0.4, 0.5) is 5.69 Å². The molecule has 2 aromatic rings. The number of phenolic OH excluding ortho intramolecular Hbond substituents is 1. The summed E-state index contributed by atoms with van der Waals surface area (Å²) in [6.07, 6.45) is 1.09. The highest BCUT2D eigenvalue weighted by Crippen LogP contribution is 2.21. The SMILES string of the molecule is Cc1ccc(OCC(=O)N/N=C\c2cc(O)ccc2[N+](=O)[O-])c(C)c1. The number of nitro groups is 1. The molecule has 0 heterocycles. The van der Waals surface area contributed by atoms with E-state index in [1.165, 1.54) is 12.1 Å². The quantitative estimate of drug-likeness (QED) is 0.475. The fourth-order valence-electron chi connectivity index (χ4n) is 2.12. The van der Waals surface area contributed by atoms with E-state index >= 15 is 0 Å². The normalized spacial score (nSPS) is 10.6. The van der Waals surface area contributed by atoms with Crippen LogP contribution in [0.1, 0.15) is 16.7 Å². The van der Waals surface area contributed by atoms with Gasteiger partial charge in [-0.1, -0.05) is 17.7 Å². The fraction of sp³-hybridized carbons (Fsp3) is 0.176. The van der Waals surface area contributed by atoms with Crippen molar-refractivity contribution in [2.75, 3.05) is 6.61 Å². The van der Waals surface area contributed by atoms with E-state index in [2.05, 4.69) is 10.5 Å². The van der Waals surface area contributed by atoms with E-state index in [0.29, 0.717) is 5.75 Å². The molecule has 0 aliphatic heterocycles. The highest BCUT2D eigenvalue weighted by Gasteiger charge is 2.12. The van der Waals surface area contributed by atoms with Crippen molar-refractivity contribution in [1.82, 2.24) is 5.43 Å². The smallest absolute Gasteiger partial charge is 0.278 e. The van der Waals surface area contributed by atoms with Crippen LogP contribution >= 0.6 is 0 Å². The summed E-state index contributed by atoms with van der Waals surface area (Å²) >= 11 is 0. The third-order valence-corrected chi connectivity index (χ3v) is 3.29. The van der Waals surface area contributed by atoms with Crippen LogP contribution in [-0.4, -0.2) is 28.8 Å². The van der Waals surface area contributed by atoms with Crippen LogP contribution in [-0.2, 0) is 4.79 Å². The Labute approximate surface area is 143 Å². The van der Waals surface area contributed by atoms with Crippen LogP contribution in [0.25, 0.3) is 0 Å². The van der Waals surface area contributed by atoms with Crippen LogP contribution < -0.4 is 10.2 Å². The summed E-state index contributed by atoms with van der Waals surface area (Å²) in [5, 5.41) is 23.9. The van der Waals surface area contributed by atoms with E-state index in [9.17, 15) is 20.0 Å². The van der Waals surface area contributed by atoms with Gasteiger partial charge < -0.3 is 9.84 Å². The second-order valence-electron chi connectivity index (χ2n) is 5.35. The van der Waals surface area contributed by atoms with Gasteiger partial charge in [0, 0.05) is 6.07 Å². The second-order valence-corrected chi connectivity index (χ2v) is 5.35. The first kappa shape index (κ1) is 17.9. The predicted octanol–water partition coefficient (Wildman–Crippen LogP) is 2.45. The Morgan fingerprint density at radius 3 is 2.76 bits per heavy atom. The average Bonchev–Trinajstić information content (AvgIpc) is 2.54. The van der Waals surface area contributed by atoms with Crippen LogP contribution in [0, 0.1) is 24.0 Å². The Morgan fingerprint density at radius 2 is 2.08 bits per heavy atom. The largest absolute Gasteiger partial charge is 0.508 e. The molecule has 0 saturated heterocycles. The molecule has 8 nitrogen and oxygen atoms in total. The minimum atomic E-state index is -0.605. The van der Waals surface area contributed by atoms with Gasteiger partial charge in [0.1, 0.15) is 11.5 Å². The molecule has 2 N–H and O–H groups in total. The van der Waals surface area contributed by atoms with E-state index in [4.69, 9.17) is 4.74 Å². The van der Waals surface area contributed by atoms with Crippen molar-refractivity contribution in [2.45, 2.75) is 13.8 Å². The van der Waals surface area contributed by atoms with Gasteiger partial charge in [-0.25, -0.2) is 5.43 Å². The Morgan fingerprint density at radius 1 is 1.32 bits per heavy atom. The molecular weight excluding hydrogens is 326 g/mol. The van der Waals surface area contributed by atoms with Crippen LogP contribution in [0.2, 0.25) is 0 Å². The molecule has 25 heavy (non-hydrogen) atoms. The monoisotopic (exact) mass is 343 g/mol. The van der Waals surface area contributed by atoms with Gasteiger partial charge in [-0.05, 0) is 37.6 Å². The van der Waals surface area contributed by atoms with Crippen LogP contribution in [0.3, 0.4) is 0 Å². The number of carbonyl (C=O) groups is 1. The molecule has 2 aromatic carbocycles. The number of nitrogens with zero attached hydrogens (tertiary/aromatic N) is 2. The zero-order valence-corrected chi connectivity index (χ0v) is 13.7. The van der Waals surface area contributed by atoms with Gasteiger partial charge in [0.05, 0.1) is 16.7 Å². The lowest BCUT2D eigenvalue weighted by atomic mass is 10.1. The standard InChI is InChI=1S/C17H17N3O5/c1-11-3-6-16(12(2)7-11)25-10-17(22)19-18-9-13-8-14(21)4-5-15(13)20(23)24/h3-9,21H,10H2,1-2H3,(H,19,22)/b18-9-. The number of rotatable bonds is 6. The van der Waals surface area contributed by atoms with Crippen molar-refractivity contribution < 1.29 is 19.6 Å². The van der Waals surface area contributed by atoms with Crippen molar-refractivity contribution >= 4 is 17.8 Å². The lowest BCUT2D eigenvalue weighted by molar-refractivity contribution is -0.385. The first-order chi connectivity index (χ1) is 11.9. The van der Waals surface area contributed by atoms with Gasteiger partial charge in [-0.15, -0.1) is 0 Å². The van der Waals surface area contributed by atoms with Gasteiger partial charge in [0.2, 0.25) is 0 Å². The molecule has 1 amide bonds. The summed E-state index contributed by atoms with van der Waals surface area (Å²) in [5.74, 6) is -0.0658. The van der Waals surface area contributed by atoms with Crippen molar-refractivity contribution in [3.63, 3.8) is 0 Å². The maximum atomic E-state index is 11.7. The molecule has 0 fully saturated rings. The number of hydrazone groups is 1. The number of benzene rings is 2. The Hall–Kier alpha value is -3.42. The van der Waals surface area contributed by atoms with E-state index in [-0.39, 0.29) is 23.6 Å². The summed E-state index contributed by atoms with van der Waals surface area (Å²) < 4.78 is 5.40. The zero-order chi connectivity index (χ0) is 18.4. The summed E-state index contributed by atoms with van der Waals surface area (Å²) in [7, 11) is 0. The number of aromatic hydroxyl groups is 1. The maximum absolute atomic E-state index is 11.7. The van der Waals surface area contributed by atoms with Gasteiger partial charge in [0.15, 0.2) is 6.61 Å². The second kappa shape index (κ2) is 7.91. The molecule has 0 aromatic heterocycles. The molecule has 0 aliphatic rings. The predicted molar refractivity (Wildman–Crippen MR) is 91.9 cm³/mol. The number of nitrogens with one attached hydrogen (secondary N) is 1. The molecule has 0 unspecified atom stereocenters. The molecule has 0 aliphatic carbocycles. The van der Waals surface area contributed by atoms with Gasteiger partial charge >= 0.3 is 0 Å². The Balaban J connectivity index is 1.95. The molecule has 130 valence electrons. The Bertz CT molecular complexity index is 833. The average molecular weight is 343 g/mol. The number of hydrogen-bond donors (Lipinski definition) is 2. The lowest BCUT2D eigenvalue weighted by Gasteiger charge is -2.08. The van der Waals surface area contributed by atoms with Gasteiger partial charge in [-0.3, -0.25) is 14.9 Å². The summed E-state index contributed by atoms with van der Waals surface area (Å²) in [5.41, 5.74) is 4.05. The molecule has 8 heteroatoms. The number of nitro benzene ring substituents is 1. The number of phenols is 1. The molecular formula is C17H17N3O5. The number of amides is 1. The van der Waals surface area contributed by atoms with Crippen LogP contribution in [0.5, 0.6) is 11.5 Å². The minimum absolute atomic E-state index is 0.0700. The molecule has 0 bridgehead atoms. The van der Waals surface area contributed by atoms with Crippen molar-refractivity contribution in [2.24, 2.45) is 5.10 Å². The number of ether oxygens (including phenoxy) is 1. The molecule has 0 radical (unpaired) electrons. The van der Waals surface area contributed by atoms with Crippen molar-refractivity contribution in [1.29, 1.82) is 0 Å². The van der Waals surface area contributed by atoms with E-state index < -0.39 is 10.8 Å². The zero-order valence-electron chi connectivity index (χ0n) is 13.7. The van der Waals surface area contributed by atoms with Gasteiger partial charge in [-0.2, -0.15) is 5.10 Å². The maximum Gasteiger partial charge on any atom is 0.278 e. The highest BCUT2D eigenvalue weighted by atomic mass is 16.6. The van der Waals surface area contributed by atoms with E-state index in [0.717, 1.165) is 23.4 Å². The molecule has 0 saturated carbocycles. The summed E-state index contributed by atoms with van der Waals surface area (Å²) in [4.78, 5) is 22.0. The third kappa shape index (κ3) is 5.03. The van der Waals surface area contributed by atoms with Crippen LogP contribution in [0.15, 0.2) is 41.5 Å². The van der Waals surface area contributed by atoms with Gasteiger partial charge in [0.25, 0.3) is 11.6 Å². The number of aryl methyl sites for hydroxylation is 2. The number of carbonyl (C=O) groups excluding carboxylic acids is 1. The fourth-order valence-corrected chi connectivity index (χ4v) is 2.12. The summed E-state index contributed by atoms with van der Waals surface area (Å²) in [6, 6.07) is 9.12. The molecule has 0 spiro atoms. The Kier molecular flexibility index (Phi) is 5.67. The molecule has 0 atom stereocenters. The third-order valence-electron chi connectivity index (χ3n) is 3.29. The molecule has 2 rings (SSSR count). The first-order valence-electron chi connectivity index (χ1n) is 7.36. The summed E-state index contributed by atoms with van der Waals surface area (Å²) in [6.45, 7) is 3.58. The number of hydrogen-bond acceptors (Lipinski definition) is 6. The van der Waals surface area contributed by atoms with Crippen molar-refractivity contribution in [3.05, 3.63) is 63.2 Å². The van der Waals surface area contributed by atoms with Crippen molar-refractivity contribution in [3.8, 4) is 11.5 Å².